The molecule has 140 valence electrons. The number of amides is 1. The summed E-state index contributed by atoms with van der Waals surface area (Å²) in [6.45, 7) is 7.73. The van der Waals surface area contributed by atoms with Crippen molar-refractivity contribution in [3.05, 3.63) is 28.8 Å². The van der Waals surface area contributed by atoms with Gasteiger partial charge in [-0.05, 0) is 57.2 Å². The number of hydrogen-bond acceptors (Lipinski definition) is 4. The number of nitrogens with one attached hydrogen (secondary N) is 1. The number of sulfonamides is 1. The van der Waals surface area contributed by atoms with E-state index in [1.165, 1.54) is 0 Å². The number of carbonyl (C=O) groups is 1. The van der Waals surface area contributed by atoms with Crippen LogP contribution in [-0.2, 0) is 14.8 Å². The van der Waals surface area contributed by atoms with E-state index in [0.717, 1.165) is 29.5 Å². The van der Waals surface area contributed by atoms with Crippen molar-refractivity contribution in [3.63, 3.8) is 0 Å². The number of nitrogens with zero attached hydrogens (tertiary/aromatic N) is 1. The molecule has 1 aromatic carbocycles. The summed E-state index contributed by atoms with van der Waals surface area (Å²) < 4.78 is 27.7. The van der Waals surface area contributed by atoms with Crippen molar-refractivity contribution in [3.8, 4) is 0 Å². The molecule has 6 nitrogen and oxygen atoms in total. The fraction of sp³-hybridized carbons (Fsp3) is 0.611. The van der Waals surface area contributed by atoms with Crippen LogP contribution in [0.15, 0.2) is 17.0 Å². The summed E-state index contributed by atoms with van der Waals surface area (Å²) >= 11 is 0. The first-order valence-corrected chi connectivity index (χ1v) is 10.3. The molecular weight excluding hydrogens is 338 g/mol. The van der Waals surface area contributed by atoms with Gasteiger partial charge in [0.15, 0.2) is 0 Å². The molecule has 1 fully saturated rings. The molecule has 0 spiro atoms. The molecule has 1 aliphatic heterocycles. The molecule has 2 rings (SSSR count). The number of benzene rings is 1. The van der Waals surface area contributed by atoms with Crippen LogP contribution in [0.1, 0.15) is 36.0 Å². The Hall–Kier alpha value is -1.44. The van der Waals surface area contributed by atoms with Gasteiger partial charge in [0.2, 0.25) is 15.9 Å². The minimum atomic E-state index is -3.61. The van der Waals surface area contributed by atoms with Crippen molar-refractivity contribution >= 4 is 15.9 Å². The molecular formula is C18H29N3O3S. The maximum atomic E-state index is 12.6. The predicted octanol–water partition coefficient (Wildman–Crippen LogP) is 1.48. The topological polar surface area (TPSA) is 92.5 Å². The first-order chi connectivity index (χ1) is 11.7. The lowest BCUT2D eigenvalue weighted by Gasteiger charge is -2.31. The van der Waals surface area contributed by atoms with E-state index in [1.807, 2.05) is 24.0 Å². The smallest absolute Gasteiger partial charge is 0.241 e. The largest absolute Gasteiger partial charge is 0.343 e. The fourth-order valence-electron chi connectivity index (χ4n) is 3.53. The quantitative estimate of drug-likeness (QED) is 0.796. The molecule has 3 N–H and O–H groups in total. The van der Waals surface area contributed by atoms with Crippen molar-refractivity contribution in [1.82, 2.24) is 9.62 Å². The zero-order chi connectivity index (χ0) is 18.6. The summed E-state index contributed by atoms with van der Waals surface area (Å²) in [5.41, 5.74) is 8.14. The van der Waals surface area contributed by atoms with Crippen LogP contribution in [0.2, 0.25) is 0 Å². The van der Waals surface area contributed by atoms with Crippen LogP contribution in [0.5, 0.6) is 0 Å². The lowest BCUT2D eigenvalue weighted by atomic mass is 9.97. The molecule has 0 unspecified atom stereocenters. The van der Waals surface area contributed by atoms with Gasteiger partial charge in [0, 0.05) is 26.1 Å². The van der Waals surface area contributed by atoms with Gasteiger partial charge in [0.05, 0.1) is 4.90 Å². The van der Waals surface area contributed by atoms with E-state index in [0.29, 0.717) is 30.4 Å². The fourth-order valence-corrected chi connectivity index (χ4v) is 5.01. The van der Waals surface area contributed by atoms with Crippen molar-refractivity contribution in [2.45, 2.75) is 44.9 Å². The summed E-state index contributed by atoms with van der Waals surface area (Å²) in [6, 6.07) is 3.71. The summed E-state index contributed by atoms with van der Waals surface area (Å²) in [7, 11) is -3.61. The van der Waals surface area contributed by atoms with Gasteiger partial charge in [-0.3, -0.25) is 4.79 Å². The number of nitrogens with two attached hydrogens (primary N) is 1. The van der Waals surface area contributed by atoms with Crippen LogP contribution >= 0.6 is 0 Å². The maximum absolute atomic E-state index is 12.6. The molecule has 0 bridgehead atoms. The number of aryl methyl sites for hydroxylation is 3. The first-order valence-electron chi connectivity index (χ1n) is 8.80. The highest BCUT2D eigenvalue weighted by Gasteiger charge is 2.23. The number of piperidine rings is 1. The number of likely N-dealkylation sites (tertiary alicyclic amines) is 1. The predicted molar refractivity (Wildman–Crippen MR) is 98.8 cm³/mol. The molecule has 1 amide bonds. The van der Waals surface area contributed by atoms with E-state index < -0.39 is 10.0 Å². The van der Waals surface area contributed by atoms with Gasteiger partial charge in [-0.1, -0.05) is 17.7 Å². The Morgan fingerprint density at radius 1 is 1.20 bits per heavy atom. The van der Waals surface area contributed by atoms with E-state index in [9.17, 15) is 13.2 Å². The van der Waals surface area contributed by atoms with Gasteiger partial charge in [-0.25, -0.2) is 13.1 Å². The zero-order valence-corrected chi connectivity index (χ0v) is 16.2. The highest BCUT2D eigenvalue weighted by molar-refractivity contribution is 7.89. The highest BCUT2D eigenvalue weighted by atomic mass is 32.2. The monoisotopic (exact) mass is 367 g/mol. The second kappa shape index (κ2) is 8.29. The molecule has 7 heteroatoms. The molecule has 0 atom stereocenters. The van der Waals surface area contributed by atoms with Gasteiger partial charge >= 0.3 is 0 Å². The van der Waals surface area contributed by atoms with E-state index >= 15 is 0 Å². The number of rotatable bonds is 6. The Bertz CT molecular complexity index is 700. The molecule has 1 aliphatic rings. The van der Waals surface area contributed by atoms with Gasteiger partial charge < -0.3 is 10.6 Å². The van der Waals surface area contributed by atoms with E-state index in [-0.39, 0.29) is 18.9 Å². The molecule has 0 aliphatic carbocycles. The highest BCUT2D eigenvalue weighted by Crippen LogP contribution is 2.21. The van der Waals surface area contributed by atoms with Gasteiger partial charge in [-0.2, -0.15) is 0 Å². The van der Waals surface area contributed by atoms with Gasteiger partial charge in [-0.15, -0.1) is 0 Å². The third-order valence-corrected chi connectivity index (χ3v) is 6.57. The van der Waals surface area contributed by atoms with Crippen LogP contribution < -0.4 is 10.5 Å². The summed E-state index contributed by atoms with van der Waals surface area (Å²) in [5.74, 6) is 0.491. The molecule has 25 heavy (non-hydrogen) atoms. The molecule has 1 aromatic rings. The van der Waals surface area contributed by atoms with Crippen molar-refractivity contribution < 1.29 is 13.2 Å². The lowest BCUT2D eigenvalue weighted by Crippen LogP contribution is -2.41. The summed E-state index contributed by atoms with van der Waals surface area (Å²) in [4.78, 5) is 14.4. The standard InChI is InChI=1S/C18H29N3O3S/c1-13-10-14(2)18(15(3)11-13)25(23,24)20-7-4-17(22)21-8-5-16(12-19)6-9-21/h10-11,16,20H,4-9,12,19H2,1-3H3. The van der Waals surface area contributed by atoms with E-state index in [2.05, 4.69) is 4.72 Å². The average molecular weight is 368 g/mol. The van der Waals surface area contributed by atoms with Crippen LogP contribution in [0.4, 0.5) is 0 Å². The maximum Gasteiger partial charge on any atom is 0.241 e. The Morgan fingerprint density at radius 3 is 2.28 bits per heavy atom. The molecule has 1 heterocycles. The Morgan fingerprint density at radius 2 is 1.76 bits per heavy atom. The van der Waals surface area contributed by atoms with Crippen LogP contribution in [0.25, 0.3) is 0 Å². The molecule has 1 saturated heterocycles. The molecule has 0 saturated carbocycles. The normalized spacial score (nSPS) is 16.2. The average Bonchev–Trinajstić information content (AvgIpc) is 2.53. The first kappa shape index (κ1) is 19.9. The van der Waals surface area contributed by atoms with Gasteiger partial charge in [0.25, 0.3) is 0 Å². The van der Waals surface area contributed by atoms with Gasteiger partial charge in [0.1, 0.15) is 0 Å². The van der Waals surface area contributed by atoms with Crippen LogP contribution in [0, 0.1) is 26.7 Å². The Balaban J connectivity index is 1.92. The second-order valence-corrected chi connectivity index (χ2v) is 8.64. The summed E-state index contributed by atoms with van der Waals surface area (Å²) in [5, 5.41) is 0. The SMILES string of the molecule is Cc1cc(C)c(S(=O)(=O)NCCC(=O)N2CCC(CN)CC2)c(C)c1. The van der Waals surface area contributed by atoms with E-state index in [4.69, 9.17) is 5.73 Å². The minimum Gasteiger partial charge on any atom is -0.343 e. The number of hydrogen-bond donors (Lipinski definition) is 2. The summed E-state index contributed by atoms with van der Waals surface area (Å²) in [6.07, 6.45) is 2.03. The van der Waals surface area contributed by atoms with Crippen molar-refractivity contribution in [2.24, 2.45) is 11.7 Å². The van der Waals surface area contributed by atoms with E-state index in [1.54, 1.807) is 13.8 Å². The molecule has 0 radical (unpaired) electrons. The zero-order valence-electron chi connectivity index (χ0n) is 15.3. The molecule has 0 aromatic heterocycles. The van der Waals surface area contributed by atoms with Crippen LogP contribution in [-0.4, -0.2) is 45.4 Å². The Kier molecular flexibility index (Phi) is 6.59. The Labute approximate surface area is 150 Å². The third-order valence-electron chi connectivity index (χ3n) is 4.80. The minimum absolute atomic E-state index is 0.00415. The second-order valence-electron chi connectivity index (χ2n) is 6.94. The van der Waals surface area contributed by atoms with Crippen molar-refractivity contribution in [1.29, 1.82) is 0 Å². The van der Waals surface area contributed by atoms with Crippen LogP contribution in [0.3, 0.4) is 0 Å². The lowest BCUT2D eigenvalue weighted by molar-refractivity contribution is -0.132. The third kappa shape index (κ3) is 5.03. The number of carbonyl (C=O) groups excluding carboxylic acids is 1. The van der Waals surface area contributed by atoms with Crippen molar-refractivity contribution in [2.75, 3.05) is 26.2 Å².